The molecule has 0 aliphatic carbocycles. The zero-order valence-electron chi connectivity index (χ0n) is 9.65. The number of aromatic hydroxyl groups is 1. The van der Waals surface area contributed by atoms with Crippen molar-refractivity contribution in [3.63, 3.8) is 0 Å². The first kappa shape index (κ1) is 14.7. The molecule has 0 saturated heterocycles. The van der Waals surface area contributed by atoms with Crippen LogP contribution in [0.15, 0.2) is 12.1 Å². The van der Waals surface area contributed by atoms with Crippen LogP contribution in [0.1, 0.15) is 22.7 Å². The smallest absolute Gasteiger partial charge is 0.455 e. The normalized spacial score (nSPS) is 14.7. The van der Waals surface area contributed by atoms with Crippen molar-refractivity contribution in [3.05, 3.63) is 28.8 Å². The van der Waals surface area contributed by atoms with E-state index < -0.39 is 18.1 Å². The molecule has 3 N–H and O–H groups in total. The summed E-state index contributed by atoms with van der Waals surface area (Å²) in [5, 5.41) is 9.42. The summed E-state index contributed by atoms with van der Waals surface area (Å²) in [7, 11) is 0. The number of nitrogens with two attached hydrogens (primary N) is 1. The Balaban J connectivity index is 3.24. The molecule has 0 aromatic heterocycles. The molecule has 0 radical (unpaired) electrons. The van der Waals surface area contributed by atoms with Gasteiger partial charge in [-0.3, -0.25) is 0 Å². The zero-order valence-corrected chi connectivity index (χ0v) is 9.65. The lowest BCUT2D eigenvalue weighted by Gasteiger charge is -2.26. The van der Waals surface area contributed by atoms with Gasteiger partial charge in [0.25, 0.3) is 0 Å². The molecule has 2 nitrogen and oxygen atoms in total. The molecule has 7 heteroatoms. The number of phenolic OH excluding ortho intramolecular Hbond substituents is 1. The molecule has 0 fully saturated rings. The van der Waals surface area contributed by atoms with E-state index >= 15 is 0 Å². The molecule has 0 spiro atoms. The van der Waals surface area contributed by atoms with Crippen LogP contribution in [0.3, 0.4) is 0 Å². The standard InChI is InChI=1S/C11H12F5NO/c1-5-3-7(4-6(2)8(5)18)9(17)10(12,13)11(14,15)16/h3-4,9,18H,17H2,1-2H3/t9-/m1/s1. The minimum Gasteiger partial charge on any atom is -0.507 e. The highest BCUT2D eigenvalue weighted by Gasteiger charge is 2.61. The lowest BCUT2D eigenvalue weighted by atomic mass is 9.96. The Hall–Kier alpha value is -1.37. The van der Waals surface area contributed by atoms with Crippen molar-refractivity contribution in [3.8, 4) is 5.75 Å². The van der Waals surface area contributed by atoms with Crippen LogP contribution < -0.4 is 5.73 Å². The lowest BCUT2D eigenvalue weighted by Crippen LogP contribution is -2.45. The molecule has 0 bridgehead atoms. The second-order valence-corrected chi connectivity index (χ2v) is 4.10. The monoisotopic (exact) mass is 269 g/mol. The number of alkyl halides is 5. The fourth-order valence-corrected chi connectivity index (χ4v) is 1.55. The fourth-order valence-electron chi connectivity index (χ4n) is 1.55. The van der Waals surface area contributed by atoms with Crippen LogP contribution in [-0.2, 0) is 0 Å². The van der Waals surface area contributed by atoms with Gasteiger partial charge < -0.3 is 10.8 Å². The van der Waals surface area contributed by atoms with E-state index in [4.69, 9.17) is 5.73 Å². The minimum atomic E-state index is -5.72. The van der Waals surface area contributed by atoms with Crippen molar-refractivity contribution in [2.24, 2.45) is 5.73 Å². The van der Waals surface area contributed by atoms with E-state index in [1.54, 1.807) is 0 Å². The molecule has 102 valence electrons. The molecule has 1 atom stereocenters. The Kier molecular flexibility index (Phi) is 3.58. The van der Waals surface area contributed by atoms with E-state index in [1.807, 2.05) is 0 Å². The molecule has 0 aliphatic heterocycles. The van der Waals surface area contributed by atoms with E-state index in [-0.39, 0.29) is 22.4 Å². The summed E-state index contributed by atoms with van der Waals surface area (Å²) >= 11 is 0. The van der Waals surface area contributed by atoms with Crippen molar-refractivity contribution >= 4 is 0 Å². The van der Waals surface area contributed by atoms with Gasteiger partial charge in [0.1, 0.15) is 11.8 Å². The Morgan fingerprint density at radius 1 is 1.06 bits per heavy atom. The number of phenols is 1. The first-order chi connectivity index (χ1) is 7.98. The van der Waals surface area contributed by atoms with Gasteiger partial charge in [-0.15, -0.1) is 0 Å². The molecule has 0 saturated carbocycles. The third-order valence-corrected chi connectivity index (χ3v) is 2.64. The highest BCUT2D eigenvalue weighted by atomic mass is 19.4. The van der Waals surface area contributed by atoms with E-state index in [1.165, 1.54) is 13.8 Å². The number of hydrogen-bond donors (Lipinski definition) is 2. The molecular weight excluding hydrogens is 257 g/mol. The summed E-state index contributed by atoms with van der Waals surface area (Å²) in [5.74, 6) is -5.18. The highest BCUT2D eigenvalue weighted by Crippen LogP contribution is 2.44. The second-order valence-electron chi connectivity index (χ2n) is 4.10. The predicted molar refractivity (Wildman–Crippen MR) is 55.5 cm³/mol. The van der Waals surface area contributed by atoms with Gasteiger partial charge in [-0.2, -0.15) is 22.0 Å². The average molecular weight is 269 g/mol. The minimum absolute atomic E-state index is 0.152. The Bertz CT molecular complexity index is 432. The summed E-state index contributed by atoms with van der Waals surface area (Å²) in [6, 6.07) is -0.463. The Labute approximate surface area is 100 Å². The first-order valence-corrected chi connectivity index (χ1v) is 4.98. The van der Waals surface area contributed by atoms with Crippen molar-refractivity contribution < 1.29 is 27.1 Å². The summed E-state index contributed by atoms with van der Waals surface area (Å²) < 4.78 is 62.6. The molecule has 18 heavy (non-hydrogen) atoms. The Morgan fingerprint density at radius 3 is 1.78 bits per heavy atom. The molecular formula is C11H12F5NO. The summed E-state index contributed by atoms with van der Waals surface area (Å²) in [4.78, 5) is 0. The van der Waals surface area contributed by atoms with Gasteiger partial charge in [0, 0.05) is 0 Å². The maximum absolute atomic E-state index is 13.1. The fraction of sp³-hybridized carbons (Fsp3) is 0.455. The van der Waals surface area contributed by atoms with E-state index in [0.717, 1.165) is 12.1 Å². The average Bonchev–Trinajstić information content (AvgIpc) is 2.22. The number of aryl methyl sites for hydroxylation is 2. The van der Waals surface area contributed by atoms with Gasteiger partial charge in [0.15, 0.2) is 0 Å². The van der Waals surface area contributed by atoms with Crippen LogP contribution >= 0.6 is 0 Å². The van der Waals surface area contributed by atoms with Crippen LogP contribution in [0.4, 0.5) is 22.0 Å². The van der Waals surface area contributed by atoms with Crippen LogP contribution in [0.25, 0.3) is 0 Å². The van der Waals surface area contributed by atoms with Crippen LogP contribution in [0.5, 0.6) is 5.75 Å². The van der Waals surface area contributed by atoms with E-state index in [2.05, 4.69) is 0 Å². The van der Waals surface area contributed by atoms with Crippen LogP contribution in [-0.4, -0.2) is 17.2 Å². The summed E-state index contributed by atoms with van der Waals surface area (Å²) in [5.41, 5.74) is 5.01. The van der Waals surface area contributed by atoms with Crippen molar-refractivity contribution in [2.45, 2.75) is 32.0 Å². The van der Waals surface area contributed by atoms with E-state index in [9.17, 15) is 27.1 Å². The van der Waals surface area contributed by atoms with Gasteiger partial charge in [-0.25, -0.2) is 0 Å². The number of halogens is 5. The Morgan fingerprint density at radius 2 is 1.44 bits per heavy atom. The number of rotatable bonds is 2. The van der Waals surface area contributed by atoms with E-state index in [0.29, 0.717) is 0 Å². The number of benzene rings is 1. The zero-order chi connectivity index (χ0) is 14.3. The van der Waals surface area contributed by atoms with Crippen molar-refractivity contribution in [2.75, 3.05) is 0 Å². The SMILES string of the molecule is Cc1cc([C@@H](N)C(F)(F)C(F)(F)F)cc(C)c1O. The van der Waals surface area contributed by atoms with Gasteiger partial charge in [0.05, 0.1) is 0 Å². The molecule has 1 aromatic carbocycles. The largest absolute Gasteiger partial charge is 0.507 e. The second kappa shape index (κ2) is 4.38. The molecule has 0 unspecified atom stereocenters. The lowest BCUT2D eigenvalue weighted by molar-refractivity contribution is -0.291. The summed E-state index contributed by atoms with van der Waals surface area (Å²) in [6.45, 7) is 2.79. The van der Waals surface area contributed by atoms with Gasteiger partial charge >= 0.3 is 12.1 Å². The third kappa shape index (κ3) is 2.40. The van der Waals surface area contributed by atoms with Gasteiger partial charge in [0.2, 0.25) is 0 Å². The van der Waals surface area contributed by atoms with Crippen molar-refractivity contribution in [1.29, 1.82) is 0 Å². The predicted octanol–water partition coefficient (Wildman–Crippen LogP) is 3.21. The first-order valence-electron chi connectivity index (χ1n) is 4.98. The molecule has 1 rings (SSSR count). The topological polar surface area (TPSA) is 46.2 Å². The van der Waals surface area contributed by atoms with Crippen LogP contribution in [0, 0.1) is 13.8 Å². The summed E-state index contributed by atoms with van der Waals surface area (Å²) in [6.07, 6.45) is -5.72. The highest BCUT2D eigenvalue weighted by molar-refractivity contribution is 5.43. The van der Waals surface area contributed by atoms with Gasteiger partial charge in [-0.1, -0.05) is 12.1 Å². The number of hydrogen-bond acceptors (Lipinski definition) is 2. The molecule has 1 aromatic rings. The quantitative estimate of drug-likeness (QED) is 0.810. The maximum Gasteiger partial charge on any atom is 0.455 e. The third-order valence-electron chi connectivity index (χ3n) is 2.64. The van der Waals surface area contributed by atoms with Gasteiger partial charge in [-0.05, 0) is 30.5 Å². The molecule has 0 aliphatic rings. The van der Waals surface area contributed by atoms with Crippen molar-refractivity contribution in [1.82, 2.24) is 0 Å². The van der Waals surface area contributed by atoms with Crippen LogP contribution in [0.2, 0.25) is 0 Å². The maximum atomic E-state index is 13.1. The molecule has 0 amide bonds. The molecule has 0 heterocycles.